The van der Waals surface area contributed by atoms with Crippen LogP contribution < -0.4 is 15.8 Å². The molecule has 0 saturated heterocycles. The molecule has 1 aliphatic rings. The van der Waals surface area contributed by atoms with E-state index in [-0.39, 0.29) is 0 Å². The van der Waals surface area contributed by atoms with E-state index in [9.17, 15) is 0 Å². The van der Waals surface area contributed by atoms with E-state index in [1.54, 1.807) is 0 Å². The summed E-state index contributed by atoms with van der Waals surface area (Å²) in [6.07, 6.45) is 6.47. The number of aromatic nitrogens is 1. The number of hydrogen-bond acceptors (Lipinski definition) is 4. The highest BCUT2D eigenvalue weighted by Gasteiger charge is 2.12. The molecule has 2 rings (SSSR count). The number of nitrogen functional groups attached to an aromatic ring is 1. The highest BCUT2D eigenvalue weighted by molar-refractivity contribution is 5.54. The van der Waals surface area contributed by atoms with Crippen molar-refractivity contribution in [1.29, 1.82) is 0 Å². The van der Waals surface area contributed by atoms with Gasteiger partial charge in [-0.05, 0) is 30.9 Å². The lowest BCUT2D eigenvalue weighted by molar-refractivity contribution is 0.263. The zero-order valence-electron chi connectivity index (χ0n) is 11.0. The Labute approximate surface area is 108 Å². The van der Waals surface area contributed by atoms with Gasteiger partial charge in [-0.2, -0.15) is 4.98 Å². The van der Waals surface area contributed by atoms with Gasteiger partial charge in [-0.25, -0.2) is 0 Å². The Balaban J connectivity index is 2.00. The van der Waals surface area contributed by atoms with Gasteiger partial charge in [0.25, 0.3) is 0 Å². The summed E-state index contributed by atoms with van der Waals surface area (Å²) in [4.78, 5) is 4.42. The van der Waals surface area contributed by atoms with Crippen LogP contribution >= 0.6 is 0 Å². The molecule has 1 aromatic rings. The molecule has 1 aromatic heterocycles. The SMILES string of the molecule is CC(C)COc1nc(NC2CC=CC2)ccc1N. The smallest absolute Gasteiger partial charge is 0.239 e. The van der Waals surface area contributed by atoms with Crippen molar-refractivity contribution in [2.45, 2.75) is 32.7 Å². The molecule has 0 spiro atoms. The van der Waals surface area contributed by atoms with E-state index in [0.717, 1.165) is 18.7 Å². The number of pyridine rings is 1. The van der Waals surface area contributed by atoms with Crippen molar-refractivity contribution in [3.05, 3.63) is 24.3 Å². The van der Waals surface area contributed by atoms with Crippen molar-refractivity contribution >= 4 is 11.5 Å². The minimum Gasteiger partial charge on any atom is -0.476 e. The average Bonchev–Trinajstić information content (AvgIpc) is 2.82. The van der Waals surface area contributed by atoms with Crippen LogP contribution in [-0.2, 0) is 0 Å². The van der Waals surface area contributed by atoms with Crippen molar-refractivity contribution in [2.24, 2.45) is 5.92 Å². The Morgan fingerprint density at radius 1 is 1.39 bits per heavy atom. The molecule has 4 heteroatoms. The molecule has 0 aliphatic heterocycles. The molecule has 0 bridgehead atoms. The second-order valence-corrected chi connectivity index (χ2v) is 5.08. The van der Waals surface area contributed by atoms with Gasteiger partial charge in [0.15, 0.2) is 0 Å². The number of nitrogens with one attached hydrogen (secondary N) is 1. The predicted octanol–water partition coefficient (Wildman–Crippen LogP) is 2.83. The molecule has 1 aliphatic carbocycles. The van der Waals surface area contributed by atoms with Gasteiger partial charge in [-0.15, -0.1) is 0 Å². The summed E-state index contributed by atoms with van der Waals surface area (Å²) in [5.74, 6) is 1.82. The van der Waals surface area contributed by atoms with E-state index in [0.29, 0.717) is 30.1 Å². The van der Waals surface area contributed by atoms with Crippen molar-refractivity contribution in [3.8, 4) is 5.88 Å². The van der Waals surface area contributed by atoms with E-state index in [4.69, 9.17) is 10.5 Å². The maximum absolute atomic E-state index is 5.86. The lowest BCUT2D eigenvalue weighted by Gasteiger charge is -2.15. The quantitative estimate of drug-likeness (QED) is 0.785. The Bertz CT molecular complexity index is 421. The zero-order chi connectivity index (χ0) is 13.0. The van der Waals surface area contributed by atoms with Crippen molar-refractivity contribution in [2.75, 3.05) is 17.7 Å². The Morgan fingerprint density at radius 2 is 2.11 bits per heavy atom. The first-order chi connectivity index (χ1) is 8.65. The first-order valence-electron chi connectivity index (χ1n) is 6.46. The minimum atomic E-state index is 0.444. The molecule has 0 radical (unpaired) electrons. The van der Waals surface area contributed by atoms with Crippen molar-refractivity contribution in [1.82, 2.24) is 4.98 Å². The van der Waals surface area contributed by atoms with Crippen LogP contribution in [0, 0.1) is 5.92 Å². The molecule has 18 heavy (non-hydrogen) atoms. The average molecular weight is 247 g/mol. The maximum Gasteiger partial charge on any atom is 0.239 e. The maximum atomic E-state index is 5.86. The fourth-order valence-electron chi connectivity index (χ4n) is 1.84. The molecule has 0 amide bonds. The van der Waals surface area contributed by atoms with Gasteiger partial charge < -0.3 is 15.8 Å². The number of ether oxygens (including phenoxy) is 1. The first kappa shape index (κ1) is 12.7. The van der Waals surface area contributed by atoms with Gasteiger partial charge in [0, 0.05) is 6.04 Å². The van der Waals surface area contributed by atoms with Gasteiger partial charge >= 0.3 is 0 Å². The number of anilines is 2. The van der Waals surface area contributed by atoms with E-state index in [1.807, 2.05) is 12.1 Å². The molecule has 4 nitrogen and oxygen atoms in total. The van der Waals surface area contributed by atoms with E-state index in [2.05, 4.69) is 36.3 Å². The zero-order valence-corrected chi connectivity index (χ0v) is 11.0. The first-order valence-corrected chi connectivity index (χ1v) is 6.46. The monoisotopic (exact) mass is 247 g/mol. The van der Waals surface area contributed by atoms with E-state index >= 15 is 0 Å². The number of hydrogen-bond donors (Lipinski definition) is 2. The summed E-state index contributed by atoms with van der Waals surface area (Å²) in [6.45, 7) is 4.83. The summed E-state index contributed by atoms with van der Waals surface area (Å²) in [6, 6.07) is 4.18. The van der Waals surface area contributed by atoms with Crippen LogP contribution in [0.1, 0.15) is 26.7 Å². The summed E-state index contributed by atoms with van der Waals surface area (Å²) >= 11 is 0. The normalized spacial score (nSPS) is 15.3. The topological polar surface area (TPSA) is 60.2 Å². The third kappa shape index (κ3) is 3.39. The van der Waals surface area contributed by atoms with E-state index in [1.165, 1.54) is 0 Å². The summed E-state index contributed by atoms with van der Waals surface area (Å²) in [5, 5.41) is 3.39. The van der Waals surface area contributed by atoms with Gasteiger partial charge in [-0.1, -0.05) is 26.0 Å². The summed E-state index contributed by atoms with van der Waals surface area (Å²) in [5.41, 5.74) is 6.44. The summed E-state index contributed by atoms with van der Waals surface area (Å²) < 4.78 is 5.61. The lowest BCUT2D eigenvalue weighted by Crippen LogP contribution is -2.16. The largest absolute Gasteiger partial charge is 0.476 e. The van der Waals surface area contributed by atoms with Crippen LogP contribution in [0.15, 0.2) is 24.3 Å². The molecule has 0 aromatic carbocycles. The van der Waals surface area contributed by atoms with Crippen LogP contribution in [0.4, 0.5) is 11.5 Å². The fourth-order valence-corrected chi connectivity index (χ4v) is 1.84. The van der Waals surface area contributed by atoms with Crippen LogP contribution in [-0.4, -0.2) is 17.6 Å². The third-order valence-electron chi connectivity index (χ3n) is 2.80. The Kier molecular flexibility index (Phi) is 4.07. The molecular formula is C14H21N3O. The standard InChI is InChI=1S/C14H21N3O/c1-10(2)9-18-14-12(15)7-8-13(17-14)16-11-5-3-4-6-11/h3-4,7-8,10-11H,5-6,9,15H2,1-2H3,(H,16,17). The van der Waals surface area contributed by atoms with Crippen molar-refractivity contribution in [3.63, 3.8) is 0 Å². The molecule has 0 atom stereocenters. The Hall–Kier alpha value is -1.71. The fraction of sp³-hybridized carbons (Fsp3) is 0.500. The second kappa shape index (κ2) is 5.76. The lowest BCUT2D eigenvalue weighted by atomic mass is 10.2. The predicted molar refractivity (Wildman–Crippen MR) is 74.8 cm³/mol. The van der Waals surface area contributed by atoms with Crippen LogP contribution in [0.5, 0.6) is 5.88 Å². The molecular weight excluding hydrogens is 226 g/mol. The van der Waals surface area contributed by atoms with Crippen LogP contribution in [0.2, 0.25) is 0 Å². The molecule has 0 unspecified atom stereocenters. The van der Waals surface area contributed by atoms with Gasteiger partial charge in [0.05, 0.1) is 12.3 Å². The van der Waals surface area contributed by atoms with E-state index < -0.39 is 0 Å². The molecule has 1 heterocycles. The number of nitrogens with zero attached hydrogens (tertiary/aromatic N) is 1. The second-order valence-electron chi connectivity index (χ2n) is 5.08. The highest BCUT2D eigenvalue weighted by Crippen LogP contribution is 2.23. The number of nitrogens with two attached hydrogens (primary N) is 1. The van der Waals surface area contributed by atoms with Crippen molar-refractivity contribution < 1.29 is 4.74 Å². The van der Waals surface area contributed by atoms with Gasteiger partial charge in [-0.3, -0.25) is 0 Å². The summed E-state index contributed by atoms with van der Waals surface area (Å²) in [7, 11) is 0. The van der Waals surface area contributed by atoms with Gasteiger partial charge in [0.2, 0.25) is 5.88 Å². The Morgan fingerprint density at radius 3 is 2.78 bits per heavy atom. The van der Waals surface area contributed by atoms with Gasteiger partial charge in [0.1, 0.15) is 5.82 Å². The molecule has 98 valence electrons. The van der Waals surface area contributed by atoms with Crippen LogP contribution in [0.25, 0.3) is 0 Å². The minimum absolute atomic E-state index is 0.444. The molecule has 0 fully saturated rings. The number of rotatable bonds is 5. The highest BCUT2D eigenvalue weighted by atomic mass is 16.5. The van der Waals surface area contributed by atoms with Crippen LogP contribution in [0.3, 0.4) is 0 Å². The third-order valence-corrected chi connectivity index (χ3v) is 2.80. The molecule has 3 N–H and O–H groups in total. The molecule has 0 saturated carbocycles.